The van der Waals surface area contributed by atoms with E-state index in [2.05, 4.69) is 170 Å². The maximum absolute atomic E-state index is 12.9. The summed E-state index contributed by atoms with van der Waals surface area (Å²) in [6.07, 6.45) is 0. The van der Waals surface area contributed by atoms with Crippen LogP contribution >= 0.6 is 0 Å². The maximum Gasteiger partial charge on any atom is 0.319 e. The smallest absolute Gasteiger partial charge is 0.319 e. The molecule has 47 heavy (non-hydrogen) atoms. The lowest BCUT2D eigenvalue weighted by Gasteiger charge is -2.44. The number of ketones is 1. The summed E-state index contributed by atoms with van der Waals surface area (Å²) in [6, 6.07) is 46.7. The third-order valence-corrected chi connectivity index (χ3v) is 19.2. The van der Waals surface area contributed by atoms with E-state index < -0.39 is 16.6 Å². The monoisotopic (exact) mass is 656 g/mol. The third-order valence-electron chi connectivity index (χ3n) is 9.29. The molecule has 242 valence electrons. The molecule has 0 saturated heterocycles. The lowest BCUT2D eigenvalue weighted by molar-refractivity contribution is 0.101. The van der Waals surface area contributed by atoms with Gasteiger partial charge in [0.05, 0.1) is 6.61 Å². The zero-order valence-electron chi connectivity index (χ0n) is 29.1. The molecule has 0 aliphatic carbocycles. The Hall–Kier alpha value is -4.04. The van der Waals surface area contributed by atoms with E-state index in [1.165, 1.54) is 20.7 Å². The van der Waals surface area contributed by atoms with E-state index in [1.54, 1.807) is 6.92 Å². The Morgan fingerprint density at radius 1 is 0.574 bits per heavy atom. The number of carbonyl (C=O) groups is 1. The van der Waals surface area contributed by atoms with E-state index in [0.717, 1.165) is 16.9 Å². The first-order valence-corrected chi connectivity index (χ1v) is 20.3. The highest BCUT2D eigenvalue weighted by Crippen LogP contribution is 2.42. The quantitative estimate of drug-likeness (QED) is 0.112. The molecule has 0 amide bonds. The molecule has 0 aliphatic heterocycles. The normalized spacial score (nSPS) is 12.5. The van der Waals surface area contributed by atoms with Gasteiger partial charge in [0.1, 0.15) is 5.75 Å². The summed E-state index contributed by atoms with van der Waals surface area (Å²) < 4.78 is 15.1. The standard InChI is InChI=1S/C42H48O3Si2/c1-32-29-34(33(2)43)30-35(31-44-46(41(3,4)5,36-21-13-9-14-22-36)37-23-15-10-16-24-37)40(32)45-47(42(6,7)8,38-25-17-11-18-26-38)39-27-19-12-20-28-39/h9-30H,31H2,1-8H3. The number of rotatable bonds is 10. The van der Waals surface area contributed by atoms with Crippen molar-refractivity contribution >= 4 is 43.2 Å². The fourth-order valence-electron chi connectivity index (χ4n) is 7.05. The molecule has 5 rings (SSSR count). The summed E-state index contributed by atoms with van der Waals surface area (Å²) in [4.78, 5) is 12.9. The molecule has 0 unspecified atom stereocenters. The number of hydrogen-bond acceptors (Lipinski definition) is 3. The van der Waals surface area contributed by atoms with E-state index in [1.807, 2.05) is 12.1 Å². The fourth-order valence-corrected chi connectivity index (χ4v) is 16.1. The molecule has 5 aromatic carbocycles. The minimum atomic E-state index is -2.97. The van der Waals surface area contributed by atoms with Crippen LogP contribution in [0.3, 0.4) is 0 Å². The van der Waals surface area contributed by atoms with E-state index in [4.69, 9.17) is 8.85 Å². The largest absolute Gasteiger partial charge is 0.534 e. The van der Waals surface area contributed by atoms with Gasteiger partial charge in [-0.1, -0.05) is 163 Å². The predicted octanol–water partition coefficient (Wildman–Crippen LogP) is 8.21. The molecule has 0 saturated carbocycles. The summed E-state index contributed by atoms with van der Waals surface area (Å²) in [5.41, 5.74) is 2.50. The lowest BCUT2D eigenvalue weighted by Crippen LogP contribution is -2.69. The van der Waals surface area contributed by atoms with Gasteiger partial charge in [-0.15, -0.1) is 0 Å². The van der Waals surface area contributed by atoms with Crippen LogP contribution in [0.2, 0.25) is 10.1 Å². The van der Waals surface area contributed by atoms with Crippen LogP contribution in [0.4, 0.5) is 0 Å². The van der Waals surface area contributed by atoms with Crippen molar-refractivity contribution in [3.05, 3.63) is 150 Å². The Balaban J connectivity index is 1.74. The third kappa shape index (κ3) is 6.57. The summed E-state index contributed by atoms with van der Waals surface area (Å²) in [5, 5.41) is 4.42. The van der Waals surface area contributed by atoms with Crippen LogP contribution < -0.4 is 25.2 Å². The van der Waals surface area contributed by atoms with Gasteiger partial charge in [0.15, 0.2) is 5.78 Å². The van der Waals surface area contributed by atoms with Crippen LogP contribution in [0.15, 0.2) is 133 Å². The zero-order chi connectivity index (χ0) is 33.9. The van der Waals surface area contributed by atoms with Crippen LogP contribution in [0.25, 0.3) is 0 Å². The topological polar surface area (TPSA) is 35.5 Å². The van der Waals surface area contributed by atoms with Crippen molar-refractivity contribution in [2.24, 2.45) is 0 Å². The summed E-state index contributed by atoms with van der Waals surface area (Å²) >= 11 is 0. The van der Waals surface area contributed by atoms with Crippen molar-refractivity contribution < 1.29 is 13.6 Å². The fraction of sp³-hybridized carbons (Fsp3) is 0.262. The van der Waals surface area contributed by atoms with Crippen LogP contribution in [0.1, 0.15) is 70.0 Å². The van der Waals surface area contributed by atoms with Crippen molar-refractivity contribution in [1.82, 2.24) is 0 Å². The molecule has 0 spiro atoms. The molecule has 0 fully saturated rings. The second-order valence-corrected chi connectivity index (χ2v) is 23.1. The van der Waals surface area contributed by atoms with Crippen molar-refractivity contribution in [1.29, 1.82) is 0 Å². The van der Waals surface area contributed by atoms with Crippen molar-refractivity contribution in [3.63, 3.8) is 0 Å². The highest BCUT2D eigenvalue weighted by atomic mass is 28.4. The summed E-state index contributed by atoms with van der Waals surface area (Å²) in [7, 11) is -5.84. The molecule has 0 aliphatic rings. The van der Waals surface area contributed by atoms with Crippen molar-refractivity contribution in [2.75, 3.05) is 0 Å². The first-order chi connectivity index (χ1) is 22.3. The Morgan fingerprint density at radius 3 is 1.28 bits per heavy atom. The second-order valence-electron chi connectivity index (χ2n) is 14.6. The highest BCUT2D eigenvalue weighted by Gasteiger charge is 2.53. The Kier molecular flexibility index (Phi) is 9.92. The van der Waals surface area contributed by atoms with Crippen LogP contribution in [0, 0.1) is 6.92 Å². The number of carbonyl (C=O) groups excluding carboxylic acids is 1. The molecule has 5 heteroatoms. The van der Waals surface area contributed by atoms with Gasteiger partial charge in [0.2, 0.25) is 0 Å². The number of hydrogen-bond donors (Lipinski definition) is 0. The molecule has 0 radical (unpaired) electrons. The maximum atomic E-state index is 12.9. The Morgan fingerprint density at radius 2 is 0.936 bits per heavy atom. The van der Waals surface area contributed by atoms with Gasteiger partial charge in [-0.05, 0) is 62.4 Å². The minimum Gasteiger partial charge on any atom is -0.534 e. The van der Waals surface area contributed by atoms with Crippen LogP contribution in [-0.4, -0.2) is 22.4 Å². The number of aryl methyl sites for hydroxylation is 1. The van der Waals surface area contributed by atoms with Crippen molar-refractivity contribution in [3.8, 4) is 5.75 Å². The van der Waals surface area contributed by atoms with E-state index >= 15 is 0 Å². The molecule has 0 heterocycles. The summed E-state index contributed by atoms with van der Waals surface area (Å²) in [5.74, 6) is 0.832. The first-order valence-electron chi connectivity index (χ1n) is 16.5. The molecular weight excluding hydrogens is 609 g/mol. The van der Waals surface area contributed by atoms with E-state index in [9.17, 15) is 4.79 Å². The first kappa shape index (κ1) is 34.3. The Labute approximate surface area is 283 Å². The molecule has 0 bridgehead atoms. The highest BCUT2D eigenvalue weighted by molar-refractivity contribution is 7.00. The van der Waals surface area contributed by atoms with Gasteiger partial charge in [0.25, 0.3) is 8.32 Å². The van der Waals surface area contributed by atoms with Gasteiger partial charge in [-0.25, -0.2) is 0 Å². The molecule has 3 nitrogen and oxygen atoms in total. The average Bonchev–Trinajstić information content (AvgIpc) is 3.05. The average molecular weight is 657 g/mol. The Bertz CT molecular complexity index is 1710. The SMILES string of the molecule is CC(=O)c1cc(C)c(O[Si](c2ccccc2)(c2ccccc2)C(C)(C)C)c(CO[Si](c2ccccc2)(c2ccccc2)C(C)(C)C)c1. The molecule has 0 N–H and O–H groups in total. The van der Waals surface area contributed by atoms with E-state index in [-0.39, 0.29) is 15.9 Å². The van der Waals surface area contributed by atoms with Gasteiger partial charge in [-0.2, -0.15) is 0 Å². The van der Waals surface area contributed by atoms with Gasteiger partial charge >= 0.3 is 8.32 Å². The molecule has 5 aromatic rings. The molecule has 0 aromatic heterocycles. The second kappa shape index (κ2) is 13.6. The number of benzene rings is 5. The van der Waals surface area contributed by atoms with Crippen LogP contribution in [0.5, 0.6) is 5.75 Å². The molecule has 0 atom stereocenters. The minimum absolute atomic E-state index is 0.0248. The lowest BCUT2D eigenvalue weighted by atomic mass is 10.0. The molecular formula is C42H48O3Si2. The summed E-state index contributed by atoms with van der Waals surface area (Å²) in [6.45, 7) is 17.7. The van der Waals surface area contributed by atoms with Crippen molar-refractivity contribution in [2.45, 2.75) is 72.1 Å². The zero-order valence-corrected chi connectivity index (χ0v) is 31.1. The van der Waals surface area contributed by atoms with Gasteiger partial charge < -0.3 is 8.85 Å². The predicted molar refractivity (Wildman–Crippen MR) is 202 cm³/mol. The van der Waals surface area contributed by atoms with Gasteiger partial charge in [-0.3, -0.25) is 4.79 Å². The van der Waals surface area contributed by atoms with Gasteiger partial charge in [0, 0.05) is 11.1 Å². The van der Waals surface area contributed by atoms with E-state index in [0.29, 0.717) is 12.2 Å². The number of Topliss-reactive ketones (excluding diaryl/α,β-unsaturated/α-hetero) is 1. The van der Waals surface area contributed by atoms with Crippen LogP contribution in [-0.2, 0) is 11.0 Å².